The van der Waals surface area contributed by atoms with Crippen molar-refractivity contribution in [3.8, 4) is 0 Å². The molecule has 0 amide bonds. The van der Waals surface area contributed by atoms with Gasteiger partial charge in [0.2, 0.25) is 0 Å². The van der Waals surface area contributed by atoms with Crippen LogP contribution in [-0.4, -0.2) is 16.6 Å². The summed E-state index contributed by atoms with van der Waals surface area (Å²) in [5.74, 6) is 1.01. The lowest BCUT2D eigenvalue weighted by atomic mass is 10.1. The van der Waals surface area contributed by atoms with Crippen LogP contribution in [0.1, 0.15) is 30.8 Å². The predicted octanol–water partition coefficient (Wildman–Crippen LogP) is 4.02. The van der Waals surface area contributed by atoms with E-state index in [1.165, 1.54) is 0 Å². The number of hydrogen-bond donors (Lipinski definition) is 1. The Bertz CT molecular complexity index is 553. The number of rotatable bonds is 5. The maximum atomic E-state index is 6.10. The fourth-order valence-corrected chi connectivity index (χ4v) is 2.83. The van der Waals surface area contributed by atoms with Gasteiger partial charge in [0.1, 0.15) is 5.82 Å². The van der Waals surface area contributed by atoms with E-state index in [1.54, 1.807) is 0 Å². The molecule has 102 valence electrons. The highest BCUT2D eigenvalue weighted by molar-refractivity contribution is 9.10. The molecule has 0 saturated carbocycles. The first-order chi connectivity index (χ1) is 9.17. The first-order valence-electron chi connectivity index (χ1n) is 6.30. The highest BCUT2D eigenvalue weighted by Crippen LogP contribution is 2.30. The summed E-state index contributed by atoms with van der Waals surface area (Å²) in [5.41, 5.74) is 1.10. The smallest absolute Gasteiger partial charge is 0.130 e. The van der Waals surface area contributed by atoms with Crippen LogP contribution in [-0.2, 0) is 6.54 Å². The molecule has 5 heteroatoms. The fraction of sp³-hybridized carbons (Fsp3) is 0.357. The minimum absolute atomic E-state index is 0.0228. The van der Waals surface area contributed by atoms with Crippen LogP contribution in [0.2, 0.25) is 5.02 Å². The maximum absolute atomic E-state index is 6.10. The van der Waals surface area contributed by atoms with E-state index < -0.39 is 0 Å². The summed E-state index contributed by atoms with van der Waals surface area (Å²) in [6.45, 7) is 3.12. The first kappa shape index (κ1) is 14.6. The normalized spacial score (nSPS) is 12.6. The van der Waals surface area contributed by atoms with Crippen molar-refractivity contribution >= 4 is 27.5 Å². The Morgan fingerprint density at radius 3 is 2.95 bits per heavy atom. The molecule has 0 fully saturated rings. The summed E-state index contributed by atoms with van der Waals surface area (Å²) in [6, 6.07) is 5.84. The van der Waals surface area contributed by atoms with Crippen molar-refractivity contribution in [2.45, 2.75) is 25.9 Å². The lowest BCUT2D eigenvalue weighted by Crippen LogP contribution is -2.22. The number of benzene rings is 1. The Hall–Kier alpha value is -0.840. The molecule has 19 heavy (non-hydrogen) atoms. The summed E-state index contributed by atoms with van der Waals surface area (Å²) in [6.07, 6.45) is 4.94. The molecule has 3 nitrogen and oxygen atoms in total. The summed E-state index contributed by atoms with van der Waals surface area (Å²) in [4.78, 5) is 4.49. The molecular weight excluding hydrogens is 326 g/mol. The molecule has 0 aliphatic carbocycles. The molecule has 0 aliphatic heterocycles. The molecule has 1 atom stereocenters. The number of aromatic nitrogens is 2. The van der Waals surface area contributed by atoms with E-state index in [-0.39, 0.29) is 6.04 Å². The van der Waals surface area contributed by atoms with Gasteiger partial charge in [0, 0.05) is 28.4 Å². The second-order valence-corrected chi connectivity index (χ2v) is 5.66. The van der Waals surface area contributed by atoms with Gasteiger partial charge in [-0.15, -0.1) is 0 Å². The molecule has 0 saturated heterocycles. The second kappa shape index (κ2) is 6.55. The summed E-state index contributed by atoms with van der Waals surface area (Å²) in [5, 5.41) is 4.04. The van der Waals surface area contributed by atoms with Gasteiger partial charge in [0.15, 0.2) is 0 Å². The van der Waals surface area contributed by atoms with Crippen LogP contribution in [0.15, 0.2) is 35.1 Å². The molecule has 0 bridgehead atoms. The van der Waals surface area contributed by atoms with E-state index in [9.17, 15) is 0 Å². The van der Waals surface area contributed by atoms with Crippen LogP contribution in [0.4, 0.5) is 0 Å². The topological polar surface area (TPSA) is 29.9 Å². The second-order valence-electron chi connectivity index (χ2n) is 4.37. The Morgan fingerprint density at radius 2 is 2.26 bits per heavy atom. The summed E-state index contributed by atoms with van der Waals surface area (Å²) >= 11 is 9.69. The third-order valence-electron chi connectivity index (χ3n) is 3.03. The van der Waals surface area contributed by atoms with Crippen LogP contribution >= 0.6 is 27.5 Å². The third-order valence-corrected chi connectivity index (χ3v) is 3.99. The number of nitrogens with zero attached hydrogens (tertiary/aromatic N) is 2. The summed E-state index contributed by atoms with van der Waals surface area (Å²) < 4.78 is 3.21. The zero-order chi connectivity index (χ0) is 13.8. The minimum Gasteiger partial charge on any atom is -0.333 e. The predicted molar refractivity (Wildman–Crippen MR) is 82.6 cm³/mol. The molecule has 1 heterocycles. The third kappa shape index (κ3) is 3.19. The van der Waals surface area contributed by atoms with E-state index in [4.69, 9.17) is 11.6 Å². The molecule has 1 N–H and O–H groups in total. The highest BCUT2D eigenvalue weighted by Gasteiger charge is 2.19. The first-order valence-corrected chi connectivity index (χ1v) is 7.47. The fourth-order valence-electron chi connectivity index (χ4n) is 2.17. The number of imidazole rings is 1. The van der Waals surface area contributed by atoms with Crippen LogP contribution < -0.4 is 5.32 Å². The SMILES string of the molecule is CCCn1ccnc1C(NC)c1cc(Cl)ccc1Br. The van der Waals surface area contributed by atoms with E-state index in [1.807, 2.05) is 37.6 Å². The minimum atomic E-state index is 0.0228. The van der Waals surface area contributed by atoms with Crippen LogP contribution in [0.3, 0.4) is 0 Å². The van der Waals surface area contributed by atoms with Crippen molar-refractivity contribution in [1.82, 2.24) is 14.9 Å². The van der Waals surface area contributed by atoms with Crippen LogP contribution in [0.25, 0.3) is 0 Å². The van der Waals surface area contributed by atoms with Crippen molar-refractivity contribution in [1.29, 1.82) is 0 Å². The molecule has 0 spiro atoms. The lowest BCUT2D eigenvalue weighted by Gasteiger charge is -2.19. The monoisotopic (exact) mass is 341 g/mol. The zero-order valence-electron chi connectivity index (χ0n) is 11.0. The van der Waals surface area contributed by atoms with Gasteiger partial charge in [0.25, 0.3) is 0 Å². The average Bonchev–Trinajstić information content (AvgIpc) is 2.83. The number of nitrogens with one attached hydrogen (secondary N) is 1. The van der Waals surface area contributed by atoms with E-state index >= 15 is 0 Å². The van der Waals surface area contributed by atoms with E-state index in [0.717, 1.165) is 33.8 Å². The Kier molecular flexibility index (Phi) is 5.02. The van der Waals surface area contributed by atoms with Crippen molar-refractivity contribution in [3.63, 3.8) is 0 Å². The van der Waals surface area contributed by atoms with Crippen molar-refractivity contribution < 1.29 is 0 Å². The van der Waals surface area contributed by atoms with Gasteiger partial charge in [-0.05, 0) is 37.2 Å². The average molecular weight is 343 g/mol. The molecule has 1 unspecified atom stereocenters. The van der Waals surface area contributed by atoms with Gasteiger partial charge in [-0.3, -0.25) is 0 Å². The van der Waals surface area contributed by atoms with Gasteiger partial charge < -0.3 is 9.88 Å². The number of halogens is 2. The van der Waals surface area contributed by atoms with E-state index in [0.29, 0.717) is 0 Å². The molecule has 0 radical (unpaired) electrons. The molecular formula is C14H17BrClN3. The maximum Gasteiger partial charge on any atom is 0.130 e. The standard InChI is InChI=1S/C14H17BrClN3/c1-3-7-19-8-6-18-14(19)13(17-2)11-9-10(16)4-5-12(11)15/h4-6,8-9,13,17H,3,7H2,1-2H3. The number of aryl methyl sites for hydroxylation is 1. The molecule has 1 aromatic carbocycles. The van der Waals surface area contributed by atoms with Crippen molar-refractivity contribution in [3.05, 3.63) is 51.5 Å². The van der Waals surface area contributed by atoms with Crippen LogP contribution in [0, 0.1) is 0 Å². The highest BCUT2D eigenvalue weighted by atomic mass is 79.9. The van der Waals surface area contributed by atoms with Gasteiger partial charge in [-0.2, -0.15) is 0 Å². The number of hydrogen-bond acceptors (Lipinski definition) is 2. The Labute approximate surface area is 127 Å². The molecule has 0 aliphatic rings. The molecule has 2 rings (SSSR count). The molecule has 2 aromatic rings. The van der Waals surface area contributed by atoms with E-state index in [2.05, 4.69) is 37.7 Å². The Morgan fingerprint density at radius 1 is 1.47 bits per heavy atom. The molecule has 1 aromatic heterocycles. The summed E-state index contributed by atoms with van der Waals surface area (Å²) in [7, 11) is 1.93. The van der Waals surface area contributed by atoms with Crippen LogP contribution in [0.5, 0.6) is 0 Å². The quantitative estimate of drug-likeness (QED) is 0.889. The van der Waals surface area contributed by atoms with Crippen molar-refractivity contribution in [2.75, 3.05) is 7.05 Å². The Balaban J connectivity index is 2.44. The largest absolute Gasteiger partial charge is 0.333 e. The zero-order valence-corrected chi connectivity index (χ0v) is 13.4. The van der Waals surface area contributed by atoms with Gasteiger partial charge in [-0.25, -0.2) is 4.98 Å². The van der Waals surface area contributed by atoms with Crippen molar-refractivity contribution in [2.24, 2.45) is 0 Å². The van der Waals surface area contributed by atoms with Gasteiger partial charge in [0.05, 0.1) is 6.04 Å². The lowest BCUT2D eigenvalue weighted by molar-refractivity contribution is 0.567. The van der Waals surface area contributed by atoms with Gasteiger partial charge >= 0.3 is 0 Å². The van der Waals surface area contributed by atoms with Gasteiger partial charge in [-0.1, -0.05) is 34.5 Å².